The van der Waals surface area contributed by atoms with Gasteiger partial charge in [-0.3, -0.25) is 4.98 Å². The molecule has 0 radical (unpaired) electrons. The van der Waals surface area contributed by atoms with E-state index in [2.05, 4.69) is 4.98 Å². The lowest BCUT2D eigenvalue weighted by Gasteiger charge is -2.22. The molecule has 1 unspecified atom stereocenters. The number of rotatable bonds is 3. The number of sulfonamides is 1. The molecule has 110 valence electrons. The van der Waals surface area contributed by atoms with E-state index in [1.54, 1.807) is 6.07 Å². The van der Waals surface area contributed by atoms with Gasteiger partial charge in [0.25, 0.3) is 0 Å². The molecule has 1 fully saturated rings. The number of nitrogens with two attached hydrogens (primary N) is 1. The Balaban J connectivity index is 2.42. The molecule has 1 atom stereocenters. The van der Waals surface area contributed by atoms with Gasteiger partial charge in [-0.05, 0) is 25.5 Å². The van der Waals surface area contributed by atoms with Crippen molar-refractivity contribution in [3.05, 3.63) is 24.0 Å². The van der Waals surface area contributed by atoms with E-state index in [1.165, 1.54) is 16.6 Å². The first-order valence-corrected chi connectivity index (χ1v) is 8.14. The lowest BCUT2D eigenvalue weighted by Crippen LogP contribution is -2.37. The first-order valence-electron chi connectivity index (χ1n) is 6.29. The van der Waals surface area contributed by atoms with Gasteiger partial charge in [-0.1, -0.05) is 12.2 Å². The topological polar surface area (TPSA) is 85.5 Å². The third-order valence-electron chi connectivity index (χ3n) is 3.04. The Morgan fingerprint density at radius 2 is 2.35 bits per heavy atom. The lowest BCUT2D eigenvalue weighted by molar-refractivity contribution is 0.0752. The van der Waals surface area contributed by atoms with Gasteiger partial charge < -0.3 is 10.5 Å². The Morgan fingerprint density at radius 1 is 1.60 bits per heavy atom. The zero-order valence-corrected chi connectivity index (χ0v) is 12.8. The van der Waals surface area contributed by atoms with E-state index < -0.39 is 10.0 Å². The second-order valence-corrected chi connectivity index (χ2v) is 6.96. The van der Waals surface area contributed by atoms with E-state index in [1.807, 2.05) is 6.92 Å². The van der Waals surface area contributed by atoms with Crippen LogP contribution in [0.5, 0.6) is 0 Å². The van der Waals surface area contributed by atoms with Crippen molar-refractivity contribution >= 4 is 27.2 Å². The normalized spacial score (nSPS) is 21.4. The minimum absolute atomic E-state index is 0.0247. The van der Waals surface area contributed by atoms with Crippen molar-refractivity contribution in [3.8, 4) is 0 Å². The fourth-order valence-electron chi connectivity index (χ4n) is 2.10. The molecule has 1 aliphatic rings. The third kappa shape index (κ3) is 3.14. The summed E-state index contributed by atoms with van der Waals surface area (Å²) in [7, 11) is -3.67. The highest BCUT2D eigenvalue weighted by molar-refractivity contribution is 7.89. The highest BCUT2D eigenvalue weighted by Crippen LogP contribution is 2.21. The lowest BCUT2D eigenvalue weighted by atomic mass is 10.3. The van der Waals surface area contributed by atoms with Gasteiger partial charge >= 0.3 is 0 Å². The summed E-state index contributed by atoms with van der Waals surface area (Å²) in [6, 6.07) is 3.04. The quantitative estimate of drug-likeness (QED) is 0.818. The van der Waals surface area contributed by atoms with Crippen LogP contribution in [0.15, 0.2) is 23.2 Å². The zero-order valence-electron chi connectivity index (χ0n) is 11.2. The van der Waals surface area contributed by atoms with Crippen LogP contribution in [-0.4, -0.2) is 48.5 Å². The highest BCUT2D eigenvalue weighted by Gasteiger charge is 2.30. The molecule has 0 aliphatic carbocycles. The fraction of sp³-hybridized carbons (Fsp3) is 0.500. The zero-order chi connectivity index (χ0) is 14.8. The number of aromatic nitrogens is 1. The molecule has 2 N–H and O–H groups in total. The van der Waals surface area contributed by atoms with Crippen LogP contribution < -0.4 is 5.73 Å². The molecule has 1 aromatic heterocycles. The Hall–Kier alpha value is -1.09. The largest absolute Gasteiger partial charge is 0.388 e. The summed E-state index contributed by atoms with van der Waals surface area (Å²) >= 11 is 4.88. The molecule has 0 saturated carbocycles. The minimum Gasteiger partial charge on any atom is -0.388 e. The Bertz CT molecular complexity index is 604. The number of thiocarbonyl (C=S) groups is 1. The number of nitrogens with zero attached hydrogens (tertiary/aromatic N) is 2. The van der Waals surface area contributed by atoms with Crippen LogP contribution in [0.4, 0.5) is 0 Å². The Kier molecular flexibility index (Phi) is 4.69. The average Bonchev–Trinajstić information content (AvgIpc) is 2.64. The van der Waals surface area contributed by atoms with Gasteiger partial charge in [-0.25, -0.2) is 8.42 Å². The molecule has 20 heavy (non-hydrogen) atoms. The van der Waals surface area contributed by atoms with Crippen molar-refractivity contribution in [1.29, 1.82) is 0 Å². The van der Waals surface area contributed by atoms with E-state index in [0.717, 1.165) is 0 Å². The number of hydrogen-bond acceptors (Lipinski definition) is 5. The van der Waals surface area contributed by atoms with E-state index >= 15 is 0 Å². The van der Waals surface area contributed by atoms with Crippen molar-refractivity contribution in [2.45, 2.75) is 24.3 Å². The van der Waals surface area contributed by atoms with E-state index in [-0.39, 0.29) is 21.7 Å². The second kappa shape index (κ2) is 6.13. The summed E-state index contributed by atoms with van der Waals surface area (Å²) in [6.07, 6.45) is 1.99. The number of hydrogen-bond donors (Lipinski definition) is 1. The molecule has 2 heterocycles. The monoisotopic (exact) mass is 315 g/mol. The van der Waals surface area contributed by atoms with Gasteiger partial charge in [0, 0.05) is 25.9 Å². The maximum absolute atomic E-state index is 12.7. The standard InChI is InChI=1S/C12H17N3O3S2/c1-9-8-15(6-3-7-18-9)20(16,17)10-4-2-5-14-11(10)12(13)19/h2,4-5,9H,3,6-8H2,1H3,(H2,13,19). The predicted octanol–water partition coefficient (Wildman–Crippen LogP) is 0.515. The summed E-state index contributed by atoms with van der Waals surface area (Å²) in [4.78, 5) is 4.01. The smallest absolute Gasteiger partial charge is 0.245 e. The van der Waals surface area contributed by atoms with Crippen LogP contribution in [0.25, 0.3) is 0 Å². The van der Waals surface area contributed by atoms with Crippen LogP contribution in [0.1, 0.15) is 19.0 Å². The van der Waals surface area contributed by atoms with Crippen molar-refractivity contribution in [2.75, 3.05) is 19.7 Å². The van der Waals surface area contributed by atoms with E-state index in [9.17, 15) is 8.42 Å². The molecule has 1 aromatic rings. The van der Waals surface area contributed by atoms with E-state index in [0.29, 0.717) is 26.1 Å². The van der Waals surface area contributed by atoms with Crippen LogP contribution in [-0.2, 0) is 14.8 Å². The van der Waals surface area contributed by atoms with Crippen LogP contribution in [0, 0.1) is 0 Å². The van der Waals surface area contributed by atoms with Gasteiger partial charge in [-0.15, -0.1) is 0 Å². The molecule has 0 amide bonds. The van der Waals surface area contributed by atoms with Gasteiger partial charge in [-0.2, -0.15) is 4.31 Å². The van der Waals surface area contributed by atoms with Gasteiger partial charge in [0.2, 0.25) is 10.0 Å². The Morgan fingerprint density at radius 3 is 3.05 bits per heavy atom. The van der Waals surface area contributed by atoms with Crippen molar-refractivity contribution < 1.29 is 13.2 Å². The highest BCUT2D eigenvalue weighted by atomic mass is 32.2. The van der Waals surface area contributed by atoms with Crippen molar-refractivity contribution in [2.24, 2.45) is 5.73 Å². The fourth-order valence-corrected chi connectivity index (χ4v) is 4.04. The molecule has 0 bridgehead atoms. The molecule has 8 heteroatoms. The maximum Gasteiger partial charge on any atom is 0.245 e. The van der Waals surface area contributed by atoms with E-state index in [4.69, 9.17) is 22.7 Å². The van der Waals surface area contributed by atoms with Crippen LogP contribution in [0.2, 0.25) is 0 Å². The molecule has 0 aromatic carbocycles. The van der Waals surface area contributed by atoms with Crippen molar-refractivity contribution in [1.82, 2.24) is 9.29 Å². The van der Waals surface area contributed by atoms with Crippen LogP contribution >= 0.6 is 12.2 Å². The summed E-state index contributed by atoms with van der Waals surface area (Å²) in [5.41, 5.74) is 5.70. The Labute approximate surface area is 124 Å². The summed E-state index contributed by atoms with van der Waals surface area (Å²) in [5, 5.41) is 0. The molecular weight excluding hydrogens is 298 g/mol. The van der Waals surface area contributed by atoms with Crippen molar-refractivity contribution in [3.63, 3.8) is 0 Å². The molecule has 6 nitrogen and oxygen atoms in total. The summed E-state index contributed by atoms with van der Waals surface area (Å²) < 4.78 is 32.3. The molecule has 0 spiro atoms. The first-order chi connectivity index (χ1) is 9.43. The minimum atomic E-state index is -3.67. The van der Waals surface area contributed by atoms with Gasteiger partial charge in [0.1, 0.15) is 15.6 Å². The average molecular weight is 315 g/mol. The second-order valence-electron chi connectivity index (χ2n) is 4.61. The molecule has 1 saturated heterocycles. The van der Waals surface area contributed by atoms with Crippen LogP contribution in [0.3, 0.4) is 0 Å². The van der Waals surface area contributed by atoms with Gasteiger partial charge in [0.05, 0.1) is 6.10 Å². The molecule has 2 rings (SSSR count). The molecular formula is C12H17N3O3S2. The summed E-state index contributed by atoms with van der Waals surface area (Å²) in [6.45, 7) is 3.14. The predicted molar refractivity (Wildman–Crippen MR) is 78.9 cm³/mol. The maximum atomic E-state index is 12.7. The SMILES string of the molecule is CC1CN(S(=O)(=O)c2cccnc2C(N)=S)CCCO1. The third-order valence-corrected chi connectivity index (χ3v) is 5.13. The van der Waals surface area contributed by atoms with Gasteiger partial charge in [0.15, 0.2) is 0 Å². The number of pyridine rings is 1. The molecule has 1 aliphatic heterocycles. The first kappa shape index (κ1) is 15.3. The summed E-state index contributed by atoms with van der Waals surface area (Å²) in [5.74, 6) is 0. The number of ether oxygens (including phenoxy) is 1.